The maximum absolute atomic E-state index is 12.1. The molecule has 0 bridgehead atoms. The van der Waals surface area contributed by atoms with Crippen molar-refractivity contribution in [1.82, 2.24) is 0 Å². The number of nitrogens with zero attached hydrogens (tertiary/aromatic N) is 1. The summed E-state index contributed by atoms with van der Waals surface area (Å²) in [5, 5.41) is 0. The lowest BCUT2D eigenvalue weighted by Crippen LogP contribution is -2.24. The van der Waals surface area contributed by atoms with Crippen molar-refractivity contribution in [2.45, 2.75) is 36.6 Å². The molecule has 120 valence electrons. The van der Waals surface area contributed by atoms with Gasteiger partial charge in [0.15, 0.2) is 10.0 Å². The summed E-state index contributed by atoms with van der Waals surface area (Å²) in [6.45, 7) is 3.81. The summed E-state index contributed by atoms with van der Waals surface area (Å²) in [5.74, 6) is 0.137. The fourth-order valence-electron chi connectivity index (χ4n) is 1.42. The van der Waals surface area contributed by atoms with Gasteiger partial charge in [-0.3, -0.25) is 0 Å². The number of hydrogen-bond donors (Lipinski definition) is 0. The van der Waals surface area contributed by atoms with Gasteiger partial charge in [0.1, 0.15) is 10.0 Å². The minimum absolute atomic E-state index is 0.137. The van der Waals surface area contributed by atoms with Crippen molar-refractivity contribution in [3.63, 3.8) is 0 Å². The molecule has 0 aliphatic heterocycles. The van der Waals surface area contributed by atoms with Crippen LogP contribution in [0.25, 0.3) is 4.13 Å². The standard InChI is InChI=1S/C11H13F3NO4S2/c1-3-8(2)9-4-6-10(7-5-9)20(16,17)15-21(18,19)11(12,13)14/h4-8H,3H2,1-2H3/q-1. The quantitative estimate of drug-likeness (QED) is 0.822. The van der Waals surface area contributed by atoms with Crippen LogP contribution < -0.4 is 0 Å². The van der Waals surface area contributed by atoms with E-state index in [4.69, 9.17) is 0 Å². The predicted octanol–water partition coefficient (Wildman–Crippen LogP) is 3.11. The predicted molar refractivity (Wildman–Crippen MR) is 70.7 cm³/mol. The van der Waals surface area contributed by atoms with Crippen molar-refractivity contribution in [3.05, 3.63) is 34.0 Å². The highest BCUT2D eigenvalue weighted by molar-refractivity contribution is 8.12. The number of rotatable bonds is 5. The molecule has 0 fully saturated rings. The second-order valence-electron chi connectivity index (χ2n) is 4.35. The van der Waals surface area contributed by atoms with E-state index in [0.29, 0.717) is 0 Å². The zero-order valence-corrected chi connectivity index (χ0v) is 12.8. The second kappa shape index (κ2) is 5.93. The van der Waals surface area contributed by atoms with Gasteiger partial charge in [0, 0.05) is 4.90 Å². The molecule has 21 heavy (non-hydrogen) atoms. The molecule has 0 aromatic heterocycles. The van der Waals surface area contributed by atoms with Crippen molar-refractivity contribution in [2.75, 3.05) is 0 Å². The number of sulfonamides is 2. The number of benzene rings is 1. The third-order valence-electron chi connectivity index (χ3n) is 2.85. The minimum Gasteiger partial charge on any atom is -0.424 e. The number of halogens is 3. The summed E-state index contributed by atoms with van der Waals surface area (Å²) in [4.78, 5) is -0.609. The molecule has 0 heterocycles. The zero-order chi connectivity index (χ0) is 16.5. The van der Waals surface area contributed by atoms with E-state index in [2.05, 4.69) is 0 Å². The van der Waals surface area contributed by atoms with E-state index in [-0.39, 0.29) is 5.92 Å². The largest absolute Gasteiger partial charge is 0.480 e. The molecule has 5 nitrogen and oxygen atoms in total. The van der Waals surface area contributed by atoms with Crippen LogP contribution in [-0.4, -0.2) is 22.3 Å². The first kappa shape index (κ1) is 17.9. The molecule has 0 amide bonds. The van der Waals surface area contributed by atoms with Crippen LogP contribution in [0.4, 0.5) is 13.2 Å². The van der Waals surface area contributed by atoms with Crippen LogP contribution in [0.2, 0.25) is 0 Å². The van der Waals surface area contributed by atoms with E-state index >= 15 is 0 Å². The van der Waals surface area contributed by atoms with Gasteiger partial charge in [-0.2, -0.15) is 13.2 Å². The minimum atomic E-state index is -6.10. The average molecular weight is 344 g/mol. The summed E-state index contributed by atoms with van der Waals surface area (Å²) in [5.41, 5.74) is -4.97. The monoisotopic (exact) mass is 344 g/mol. The number of alkyl halides is 3. The summed E-state index contributed by atoms with van der Waals surface area (Å²) < 4.78 is 83.2. The fraction of sp³-hybridized carbons (Fsp3) is 0.455. The molecule has 0 aliphatic rings. The Bertz CT molecular complexity index is 694. The molecule has 1 unspecified atom stereocenters. The lowest BCUT2D eigenvalue weighted by molar-refractivity contribution is -0.0425. The topological polar surface area (TPSA) is 82.4 Å². The fourth-order valence-corrected chi connectivity index (χ4v) is 3.61. The van der Waals surface area contributed by atoms with Gasteiger partial charge in [-0.15, -0.1) is 0 Å². The van der Waals surface area contributed by atoms with E-state index in [0.717, 1.165) is 24.1 Å². The highest BCUT2D eigenvalue weighted by atomic mass is 32.3. The Labute approximate surface area is 121 Å². The molecule has 0 aliphatic carbocycles. The Morgan fingerprint density at radius 2 is 1.57 bits per heavy atom. The van der Waals surface area contributed by atoms with Gasteiger partial charge >= 0.3 is 5.51 Å². The number of hydrogen-bond acceptors (Lipinski definition) is 4. The van der Waals surface area contributed by atoms with Gasteiger partial charge in [-0.05, 0) is 30.0 Å². The van der Waals surface area contributed by atoms with Crippen LogP contribution in [-0.2, 0) is 20.0 Å². The van der Waals surface area contributed by atoms with Gasteiger partial charge in [-0.1, -0.05) is 26.0 Å². The second-order valence-corrected chi connectivity index (χ2v) is 7.78. The lowest BCUT2D eigenvalue weighted by Gasteiger charge is -2.22. The maximum Gasteiger partial charge on any atom is 0.480 e. The summed E-state index contributed by atoms with van der Waals surface area (Å²) in [6.07, 6.45) is 0.791. The molecule has 1 atom stereocenters. The average Bonchev–Trinajstić information content (AvgIpc) is 2.35. The van der Waals surface area contributed by atoms with Gasteiger partial charge < -0.3 is 4.13 Å². The SMILES string of the molecule is CCC(C)c1ccc(S(=O)(=O)[N-]S(=O)(=O)C(F)(F)F)cc1. The molecule has 1 aromatic rings. The van der Waals surface area contributed by atoms with Crippen molar-refractivity contribution in [3.8, 4) is 0 Å². The Morgan fingerprint density at radius 3 is 1.95 bits per heavy atom. The molecule has 10 heteroatoms. The molecule has 1 aromatic carbocycles. The molecule has 0 saturated heterocycles. The van der Waals surface area contributed by atoms with Crippen molar-refractivity contribution in [2.24, 2.45) is 0 Å². The van der Waals surface area contributed by atoms with Gasteiger partial charge in [0.05, 0.1) is 0 Å². The smallest absolute Gasteiger partial charge is 0.424 e. The molecule has 0 N–H and O–H groups in total. The lowest BCUT2D eigenvalue weighted by atomic mass is 9.99. The highest BCUT2D eigenvalue weighted by Gasteiger charge is 2.40. The van der Waals surface area contributed by atoms with E-state index in [1.165, 1.54) is 12.1 Å². The van der Waals surface area contributed by atoms with Gasteiger partial charge in [-0.25, -0.2) is 16.8 Å². The van der Waals surface area contributed by atoms with Crippen LogP contribution in [0, 0.1) is 0 Å². The molecule has 0 spiro atoms. The summed E-state index contributed by atoms with van der Waals surface area (Å²) in [6, 6.07) is 4.89. The van der Waals surface area contributed by atoms with E-state index in [1.807, 2.05) is 18.0 Å². The molecular weight excluding hydrogens is 331 g/mol. The Balaban J connectivity index is 3.10. The Hall–Kier alpha value is -1.13. The van der Waals surface area contributed by atoms with E-state index in [9.17, 15) is 30.0 Å². The van der Waals surface area contributed by atoms with Crippen LogP contribution in [0.1, 0.15) is 31.7 Å². The Kier molecular flexibility index (Phi) is 5.06. The third-order valence-corrected chi connectivity index (χ3v) is 5.87. The van der Waals surface area contributed by atoms with Crippen LogP contribution in [0.3, 0.4) is 0 Å². The maximum atomic E-state index is 12.1. The first-order chi connectivity index (χ1) is 9.40. The Morgan fingerprint density at radius 1 is 1.10 bits per heavy atom. The van der Waals surface area contributed by atoms with Crippen LogP contribution in [0.15, 0.2) is 29.2 Å². The zero-order valence-electron chi connectivity index (χ0n) is 11.1. The van der Waals surface area contributed by atoms with E-state index < -0.39 is 30.5 Å². The first-order valence-electron chi connectivity index (χ1n) is 5.81. The summed E-state index contributed by atoms with van der Waals surface area (Å²) >= 11 is 0. The van der Waals surface area contributed by atoms with Gasteiger partial charge in [0.25, 0.3) is 0 Å². The highest BCUT2D eigenvalue weighted by Crippen LogP contribution is 2.32. The van der Waals surface area contributed by atoms with Crippen molar-refractivity contribution in [1.29, 1.82) is 0 Å². The molecule has 0 radical (unpaired) electrons. The van der Waals surface area contributed by atoms with Crippen LogP contribution in [0.5, 0.6) is 0 Å². The van der Waals surface area contributed by atoms with Crippen molar-refractivity contribution < 1.29 is 30.0 Å². The third kappa shape index (κ3) is 4.17. The molecule has 0 saturated carbocycles. The van der Waals surface area contributed by atoms with Gasteiger partial charge in [0.2, 0.25) is 0 Å². The molecule has 1 rings (SSSR count). The summed E-state index contributed by atoms with van der Waals surface area (Å²) in [7, 11) is -11.0. The first-order valence-corrected chi connectivity index (χ1v) is 8.69. The van der Waals surface area contributed by atoms with Crippen LogP contribution >= 0.6 is 0 Å². The normalized spacial score (nSPS) is 14.9. The molecular formula is C11H13F3NO4S2-. The van der Waals surface area contributed by atoms with E-state index in [1.54, 1.807) is 0 Å². The van der Waals surface area contributed by atoms with Crippen molar-refractivity contribution >= 4 is 20.0 Å².